The Morgan fingerprint density at radius 1 is 1.30 bits per heavy atom. The molecule has 1 aromatic carbocycles. The summed E-state index contributed by atoms with van der Waals surface area (Å²) in [6.45, 7) is 4.80. The van der Waals surface area contributed by atoms with Gasteiger partial charge in [0.1, 0.15) is 5.82 Å². The van der Waals surface area contributed by atoms with Crippen LogP contribution in [0.4, 0.5) is 4.39 Å². The maximum absolute atomic E-state index is 13.3. The van der Waals surface area contributed by atoms with Gasteiger partial charge in [-0.2, -0.15) is 0 Å². The minimum absolute atomic E-state index is 0.339. The standard InChI is InChI=1S/C14H19FO4S/c1-4-18-13(19-5-2)9-20-12-8-10(15)6-7-11(12)14(16)17-3/h6-8,13H,4-5,9H2,1-3H3. The fourth-order valence-corrected chi connectivity index (χ4v) is 2.58. The average Bonchev–Trinajstić information content (AvgIpc) is 2.44. The van der Waals surface area contributed by atoms with E-state index in [0.717, 1.165) is 0 Å². The van der Waals surface area contributed by atoms with E-state index >= 15 is 0 Å². The second-order valence-electron chi connectivity index (χ2n) is 3.78. The number of hydrogen-bond acceptors (Lipinski definition) is 5. The Balaban J connectivity index is 2.79. The van der Waals surface area contributed by atoms with Gasteiger partial charge in [-0.15, -0.1) is 11.8 Å². The van der Waals surface area contributed by atoms with Crippen LogP contribution >= 0.6 is 11.8 Å². The van der Waals surface area contributed by atoms with Gasteiger partial charge in [0.15, 0.2) is 6.29 Å². The third-order valence-electron chi connectivity index (χ3n) is 2.43. The summed E-state index contributed by atoms with van der Waals surface area (Å²) in [5.41, 5.74) is 0.339. The molecule has 4 nitrogen and oxygen atoms in total. The van der Waals surface area contributed by atoms with E-state index in [-0.39, 0.29) is 6.29 Å². The number of halogens is 1. The Hall–Kier alpha value is -1.11. The fraction of sp³-hybridized carbons (Fsp3) is 0.500. The normalized spacial score (nSPS) is 10.8. The zero-order valence-corrected chi connectivity index (χ0v) is 12.7. The molecule has 0 aliphatic carbocycles. The van der Waals surface area contributed by atoms with E-state index in [4.69, 9.17) is 9.47 Å². The molecule has 20 heavy (non-hydrogen) atoms. The van der Waals surface area contributed by atoms with Crippen LogP contribution in [0.3, 0.4) is 0 Å². The lowest BCUT2D eigenvalue weighted by atomic mass is 10.2. The molecule has 0 aromatic heterocycles. The van der Waals surface area contributed by atoms with E-state index < -0.39 is 11.8 Å². The lowest BCUT2D eigenvalue weighted by Gasteiger charge is -2.17. The first-order chi connectivity index (χ1) is 9.62. The molecule has 0 unspecified atom stereocenters. The molecule has 0 bridgehead atoms. The highest BCUT2D eigenvalue weighted by Crippen LogP contribution is 2.26. The maximum atomic E-state index is 13.3. The molecule has 1 aromatic rings. The molecule has 0 spiro atoms. The minimum Gasteiger partial charge on any atom is -0.465 e. The zero-order valence-electron chi connectivity index (χ0n) is 11.8. The first-order valence-corrected chi connectivity index (χ1v) is 7.34. The van der Waals surface area contributed by atoms with Crippen molar-refractivity contribution in [1.29, 1.82) is 0 Å². The van der Waals surface area contributed by atoms with E-state index in [1.54, 1.807) is 0 Å². The van der Waals surface area contributed by atoms with Crippen LogP contribution in [0, 0.1) is 5.82 Å². The van der Waals surface area contributed by atoms with Crippen molar-refractivity contribution < 1.29 is 23.4 Å². The third-order valence-corrected chi connectivity index (χ3v) is 3.52. The molecule has 0 saturated carbocycles. The van der Waals surface area contributed by atoms with Gasteiger partial charge in [0.25, 0.3) is 0 Å². The molecule has 0 N–H and O–H groups in total. The van der Waals surface area contributed by atoms with Crippen molar-refractivity contribution >= 4 is 17.7 Å². The van der Waals surface area contributed by atoms with Gasteiger partial charge in [-0.25, -0.2) is 9.18 Å². The predicted molar refractivity (Wildman–Crippen MR) is 75.5 cm³/mol. The number of benzene rings is 1. The second-order valence-corrected chi connectivity index (χ2v) is 4.85. The number of rotatable bonds is 8. The Kier molecular flexibility index (Phi) is 7.58. The summed E-state index contributed by atoms with van der Waals surface area (Å²) in [4.78, 5) is 12.1. The van der Waals surface area contributed by atoms with Crippen molar-refractivity contribution in [2.24, 2.45) is 0 Å². The van der Waals surface area contributed by atoms with Crippen LogP contribution in [-0.4, -0.2) is 38.3 Å². The SMILES string of the molecule is CCOC(CSc1cc(F)ccc1C(=O)OC)OCC. The first kappa shape index (κ1) is 16.9. The quantitative estimate of drug-likeness (QED) is 0.419. The van der Waals surface area contributed by atoms with Crippen molar-refractivity contribution in [3.05, 3.63) is 29.6 Å². The molecule has 0 radical (unpaired) electrons. The van der Waals surface area contributed by atoms with Gasteiger partial charge in [0.2, 0.25) is 0 Å². The van der Waals surface area contributed by atoms with E-state index in [1.807, 2.05) is 13.8 Å². The lowest BCUT2D eigenvalue weighted by Crippen LogP contribution is -2.20. The molecule has 112 valence electrons. The first-order valence-electron chi connectivity index (χ1n) is 6.36. The number of thioether (sulfide) groups is 1. The maximum Gasteiger partial charge on any atom is 0.338 e. The van der Waals surface area contributed by atoms with Gasteiger partial charge < -0.3 is 14.2 Å². The molecular weight excluding hydrogens is 283 g/mol. The Bertz CT molecular complexity index is 433. The van der Waals surface area contributed by atoms with Crippen molar-refractivity contribution in [2.75, 3.05) is 26.1 Å². The van der Waals surface area contributed by atoms with Gasteiger partial charge in [-0.3, -0.25) is 0 Å². The summed E-state index contributed by atoms with van der Waals surface area (Å²) >= 11 is 1.30. The molecule has 0 atom stereocenters. The summed E-state index contributed by atoms with van der Waals surface area (Å²) in [6.07, 6.45) is -0.385. The highest BCUT2D eigenvalue weighted by molar-refractivity contribution is 7.99. The molecule has 0 amide bonds. The number of hydrogen-bond donors (Lipinski definition) is 0. The van der Waals surface area contributed by atoms with Crippen LogP contribution in [0.1, 0.15) is 24.2 Å². The molecule has 0 saturated heterocycles. The number of methoxy groups -OCH3 is 1. The van der Waals surface area contributed by atoms with E-state index in [1.165, 1.54) is 37.1 Å². The molecular formula is C14H19FO4S. The highest BCUT2D eigenvalue weighted by atomic mass is 32.2. The van der Waals surface area contributed by atoms with Crippen LogP contribution in [0.15, 0.2) is 23.1 Å². The number of carbonyl (C=O) groups is 1. The molecule has 6 heteroatoms. The molecule has 0 fully saturated rings. The van der Waals surface area contributed by atoms with Crippen LogP contribution in [0.2, 0.25) is 0 Å². The van der Waals surface area contributed by atoms with E-state index in [0.29, 0.717) is 29.4 Å². The highest BCUT2D eigenvalue weighted by Gasteiger charge is 2.16. The molecule has 0 heterocycles. The van der Waals surface area contributed by atoms with E-state index in [9.17, 15) is 9.18 Å². The Morgan fingerprint density at radius 3 is 2.50 bits per heavy atom. The van der Waals surface area contributed by atoms with Crippen molar-refractivity contribution in [1.82, 2.24) is 0 Å². The Labute approximate surface area is 122 Å². The van der Waals surface area contributed by atoms with Crippen LogP contribution < -0.4 is 0 Å². The zero-order chi connectivity index (χ0) is 15.0. The van der Waals surface area contributed by atoms with Gasteiger partial charge in [0, 0.05) is 23.9 Å². The lowest BCUT2D eigenvalue weighted by molar-refractivity contribution is -0.120. The van der Waals surface area contributed by atoms with Gasteiger partial charge >= 0.3 is 5.97 Å². The monoisotopic (exact) mass is 302 g/mol. The summed E-state index contributed by atoms with van der Waals surface area (Å²) in [5.74, 6) is -0.420. The second kappa shape index (κ2) is 8.94. The third kappa shape index (κ3) is 5.11. The van der Waals surface area contributed by atoms with Gasteiger partial charge in [0.05, 0.1) is 12.7 Å². The van der Waals surface area contributed by atoms with Crippen molar-refractivity contribution in [3.63, 3.8) is 0 Å². The summed E-state index contributed by atoms with van der Waals surface area (Å²) in [7, 11) is 1.29. The topological polar surface area (TPSA) is 44.8 Å². The largest absolute Gasteiger partial charge is 0.465 e. The van der Waals surface area contributed by atoms with Crippen LogP contribution in [-0.2, 0) is 14.2 Å². The number of ether oxygens (including phenoxy) is 3. The Morgan fingerprint density at radius 2 is 1.95 bits per heavy atom. The van der Waals surface area contributed by atoms with Crippen molar-refractivity contribution in [2.45, 2.75) is 25.0 Å². The smallest absolute Gasteiger partial charge is 0.338 e. The minimum atomic E-state index is -0.489. The molecule has 0 aliphatic heterocycles. The number of esters is 1. The average molecular weight is 302 g/mol. The van der Waals surface area contributed by atoms with Crippen LogP contribution in [0.25, 0.3) is 0 Å². The van der Waals surface area contributed by atoms with Crippen LogP contribution in [0.5, 0.6) is 0 Å². The molecule has 0 aliphatic rings. The summed E-state index contributed by atoms with van der Waals surface area (Å²) < 4.78 is 28.8. The van der Waals surface area contributed by atoms with Crippen molar-refractivity contribution in [3.8, 4) is 0 Å². The summed E-state index contributed by atoms with van der Waals surface area (Å²) in [6, 6.07) is 3.96. The van der Waals surface area contributed by atoms with Gasteiger partial charge in [-0.1, -0.05) is 0 Å². The summed E-state index contributed by atoms with van der Waals surface area (Å²) in [5, 5.41) is 0. The number of carbonyl (C=O) groups excluding carboxylic acids is 1. The predicted octanol–water partition coefficient (Wildman–Crippen LogP) is 3.10. The molecule has 1 rings (SSSR count). The van der Waals surface area contributed by atoms with Gasteiger partial charge in [-0.05, 0) is 32.0 Å². The van der Waals surface area contributed by atoms with E-state index in [2.05, 4.69) is 4.74 Å². The fourth-order valence-electron chi connectivity index (χ4n) is 1.57.